The summed E-state index contributed by atoms with van der Waals surface area (Å²) in [6.45, 7) is 4.18. The maximum Gasteiger partial charge on any atom is 0.0642 e. The Bertz CT molecular complexity index is 378. The summed E-state index contributed by atoms with van der Waals surface area (Å²) < 4.78 is 5.35. The summed E-state index contributed by atoms with van der Waals surface area (Å²) in [6, 6.07) is 6.39. The predicted molar refractivity (Wildman–Crippen MR) is 76.5 cm³/mol. The van der Waals surface area contributed by atoms with Gasteiger partial charge >= 0.3 is 0 Å². The number of rotatable bonds is 5. The van der Waals surface area contributed by atoms with Crippen molar-refractivity contribution in [3.8, 4) is 0 Å². The summed E-state index contributed by atoms with van der Waals surface area (Å²) in [7, 11) is 0. The SMILES string of the molecule is NCCCCc1ccc(N2CCOCC2)c(Cl)c1. The summed E-state index contributed by atoms with van der Waals surface area (Å²) in [4.78, 5) is 2.29. The second kappa shape index (κ2) is 6.98. The van der Waals surface area contributed by atoms with E-state index < -0.39 is 0 Å². The zero-order chi connectivity index (χ0) is 12.8. The molecule has 4 heteroatoms. The molecule has 1 aromatic rings. The van der Waals surface area contributed by atoms with Gasteiger partial charge in [0.2, 0.25) is 0 Å². The maximum atomic E-state index is 6.37. The van der Waals surface area contributed by atoms with Crippen LogP contribution in [0, 0.1) is 0 Å². The molecule has 2 N–H and O–H groups in total. The van der Waals surface area contributed by atoms with Gasteiger partial charge in [-0.05, 0) is 43.5 Å². The van der Waals surface area contributed by atoms with Crippen LogP contribution in [0.2, 0.25) is 5.02 Å². The molecule has 0 amide bonds. The third-order valence-electron chi connectivity index (χ3n) is 3.28. The first-order valence-electron chi connectivity index (χ1n) is 6.62. The van der Waals surface area contributed by atoms with Crippen molar-refractivity contribution >= 4 is 17.3 Å². The van der Waals surface area contributed by atoms with Crippen molar-refractivity contribution in [3.63, 3.8) is 0 Å². The van der Waals surface area contributed by atoms with Crippen molar-refractivity contribution in [3.05, 3.63) is 28.8 Å². The van der Waals surface area contributed by atoms with E-state index in [1.165, 1.54) is 5.56 Å². The minimum Gasteiger partial charge on any atom is -0.378 e. The highest BCUT2D eigenvalue weighted by atomic mass is 35.5. The zero-order valence-corrected chi connectivity index (χ0v) is 11.5. The van der Waals surface area contributed by atoms with Crippen LogP contribution >= 0.6 is 11.6 Å². The fraction of sp³-hybridized carbons (Fsp3) is 0.571. The number of hydrogen-bond donors (Lipinski definition) is 1. The number of unbranched alkanes of at least 4 members (excludes halogenated alkanes) is 1. The van der Waals surface area contributed by atoms with Gasteiger partial charge in [0.15, 0.2) is 0 Å². The lowest BCUT2D eigenvalue weighted by molar-refractivity contribution is 0.122. The third kappa shape index (κ3) is 3.61. The first-order chi connectivity index (χ1) is 8.81. The van der Waals surface area contributed by atoms with Crippen LogP contribution in [0.15, 0.2) is 18.2 Å². The van der Waals surface area contributed by atoms with E-state index in [4.69, 9.17) is 22.1 Å². The molecule has 2 rings (SSSR count). The van der Waals surface area contributed by atoms with Crippen LogP contribution in [0.1, 0.15) is 18.4 Å². The fourth-order valence-electron chi connectivity index (χ4n) is 2.24. The Morgan fingerprint density at radius 2 is 2.00 bits per heavy atom. The number of benzene rings is 1. The molecule has 0 bridgehead atoms. The Morgan fingerprint density at radius 1 is 1.22 bits per heavy atom. The molecule has 1 saturated heterocycles. The van der Waals surface area contributed by atoms with E-state index in [9.17, 15) is 0 Å². The Morgan fingerprint density at radius 3 is 2.67 bits per heavy atom. The van der Waals surface area contributed by atoms with Gasteiger partial charge in [-0.1, -0.05) is 17.7 Å². The average Bonchev–Trinajstić information content (AvgIpc) is 2.40. The van der Waals surface area contributed by atoms with Crippen molar-refractivity contribution in [2.75, 3.05) is 37.7 Å². The molecule has 0 radical (unpaired) electrons. The lowest BCUT2D eigenvalue weighted by Gasteiger charge is -2.29. The van der Waals surface area contributed by atoms with Crippen molar-refractivity contribution < 1.29 is 4.74 Å². The zero-order valence-electron chi connectivity index (χ0n) is 10.7. The van der Waals surface area contributed by atoms with Crippen LogP contribution in [-0.4, -0.2) is 32.8 Å². The van der Waals surface area contributed by atoms with E-state index in [1.54, 1.807) is 0 Å². The highest BCUT2D eigenvalue weighted by molar-refractivity contribution is 6.33. The van der Waals surface area contributed by atoms with Gasteiger partial charge in [0.1, 0.15) is 0 Å². The van der Waals surface area contributed by atoms with Gasteiger partial charge in [-0.25, -0.2) is 0 Å². The minimum atomic E-state index is 0.763. The Labute approximate surface area is 114 Å². The van der Waals surface area contributed by atoms with E-state index in [0.717, 1.165) is 62.8 Å². The van der Waals surface area contributed by atoms with Crippen LogP contribution in [0.3, 0.4) is 0 Å². The number of anilines is 1. The standard InChI is InChI=1S/C14H21ClN2O/c15-13-11-12(3-1-2-6-16)4-5-14(13)17-7-9-18-10-8-17/h4-5,11H,1-3,6-10,16H2. The molecule has 3 nitrogen and oxygen atoms in total. The molecule has 1 heterocycles. The molecule has 1 aliphatic heterocycles. The Kier molecular flexibility index (Phi) is 5.29. The molecule has 0 unspecified atom stereocenters. The quantitative estimate of drug-likeness (QED) is 0.834. The summed E-state index contributed by atoms with van der Waals surface area (Å²) in [5.41, 5.74) is 7.92. The second-order valence-corrected chi connectivity index (χ2v) is 5.04. The van der Waals surface area contributed by atoms with Crippen molar-refractivity contribution in [2.24, 2.45) is 5.73 Å². The van der Waals surface area contributed by atoms with Crippen LogP contribution in [0.4, 0.5) is 5.69 Å². The highest BCUT2D eigenvalue weighted by Crippen LogP contribution is 2.28. The van der Waals surface area contributed by atoms with E-state index >= 15 is 0 Å². The van der Waals surface area contributed by atoms with Gasteiger partial charge in [-0.3, -0.25) is 0 Å². The first kappa shape index (κ1) is 13.7. The number of morpholine rings is 1. The van der Waals surface area contributed by atoms with Crippen LogP contribution < -0.4 is 10.6 Å². The third-order valence-corrected chi connectivity index (χ3v) is 3.59. The van der Waals surface area contributed by atoms with E-state index in [1.807, 2.05) is 0 Å². The first-order valence-corrected chi connectivity index (χ1v) is 7.00. The van der Waals surface area contributed by atoms with Gasteiger partial charge in [0, 0.05) is 13.1 Å². The Hall–Kier alpha value is -0.770. The van der Waals surface area contributed by atoms with Gasteiger partial charge < -0.3 is 15.4 Å². The van der Waals surface area contributed by atoms with E-state index in [2.05, 4.69) is 23.1 Å². The normalized spacial score (nSPS) is 16.0. The fourth-order valence-corrected chi connectivity index (χ4v) is 2.56. The van der Waals surface area contributed by atoms with Gasteiger partial charge in [0.25, 0.3) is 0 Å². The smallest absolute Gasteiger partial charge is 0.0642 e. The number of aryl methyl sites for hydroxylation is 1. The lowest BCUT2D eigenvalue weighted by Crippen LogP contribution is -2.36. The molecule has 0 aromatic heterocycles. The number of nitrogens with zero attached hydrogens (tertiary/aromatic N) is 1. The number of nitrogens with two attached hydrogens (primary N) is 1. The van der Waals surface area contributed by atoms with Gasteiger partial charge in [-0.15, -0.1) is 0 Å². The van der Waals surface area contributed by atoms with Gasteiger partial charge in [0.05, 0.1) is 23.9 Å². The molecule has 1 fully saturated rings. The number of halogens is 1. The maximum absolute atomic E-state index is 6.37. The topological polar surface area (TPSA) is 38.5 Å². The summed E-state index contributed by atoms with van der Waals surface area (Å²) >= 11 is 6.37. The number of ether oxygens (including phenoxy) is 1. The molecular formula is C14H21ClN2O. The predicted octanol–water partition coefficient (Wildman–Crippen LogP) is 2.46. The molecule has 1 aromatic carbocycles. The number of hydrogen-bond acceptors (Lipinski definition) is 3. The van der Waals surface area contributed by atoms with Gasteiger partial charge in [-0.2, -0.15) is 0 Å². The molecule has 0 atom stereocenters. The van der Waals surface area contributed by atoms with Crippen molar-refractivity contribution in [2.45, 2.75) is 19.3 Å². The lowest BCUT2D eigenvalue weighted by atomic mass is 10.1. The molecular weight excluding hydrogens is 248 g/mol. The van der Waals surface area contributed by atoms with E-state index in [-0.39, 0.29) is 0 Å². The monoisotopic (exact) mass is 268 g/mol. The summed E-state index contributed by atoms with van der Waals surface area (Å²) in [6.07, 6.45) is 3.26. The molecule has 0 spiro atoms. The molecule has 100 valence electrons. The molecule has 0 saturated carbocycles. The second-order valence-electron chi connectivity index (χ2n) is 4.63. The van der Waals surface area contributed by atoms with Crippen molar-refractivity contribution in [1.29, 1.82) is 0 Å². The minimum absolute atomic E-state index is 0.763. The average molecular weight is 269 g/mol. The highest BCUT2D eigenvalue weighted by Gasteiger charge is 2.14. The van der Waals surface area contributed by atoms with Crippen LogP contribution in [0.5, 0.6) is 0 Å². The van der Waals surface area contributed by atoms with Crippen molar-refractivity contribution in [1.82, 2.24) is 0 Å². The van der Waals surface area contributed by atoms with Crippen LogP contribution in [-0.2, 0) is 11.2 Å². The largest absolute Gasteiger partial charge is 0.378 e. The van der Waals surface area contributed by atoms with Crippen LogP contribution in [0.25, 0.3) is 0 Å². The molecule has 18 heavy (non-hydrogen) atoms. The summed E-state index contributed by atoms with van der Waals surface area (Å²) in [5, 5.41) is 0.849. The Balaban J connectivity index is 2.00. The summed E-state index contributed by atoms with van der Waals surface area (Å²) in [5.74, 6) is 0. The van der Waals surface area contributed by atoms with E-state index in [0.29, 0.717) is 0 Å². The molecule has 1 aliphatic rings. The molecule has 0 aliphatic carbocycles.